The normalized spacial score (nSPS) is 15.5. The first-order valence-electron chi connectivity index (χ1n) is 10.0. The van der Waals surface area contributed by atoms with Gasteiger partial charge < -0.3 is 19.5 Å². The number of halogens is 1. The number of para-hydroxylation sites is 2. The average Bonchev–Trinajstić information content (AvgIpc) is 3.17. The largest absolute Gasteiger partial charge is 0.494 e. The van der Waals surface area contributed by atoms with Crippen LogP contribution >= 0.6 is 23.4 Å². The molecule has 1 aliphatic rings. The number of ether oxygens (including phenoxy) is 3. The molecule has 1 N–H and O–H groups in total. The Morgan fingerprint density at radius 3 is 2.52 bits per heavy atom. The van der Waals surface area contributed by atoms with Crippen molar-refractivity contribution in [3.05, 3.63) is 87.8 Å². The third kappa shape index (κ3) is 5.50. The Hall–Kier alpha value is -3.42. The molecule has 0 spiro atoms. The van der Waals surface area contributed by atoms with Crippen LogP contribution in [0.2, 0.25) is 5.02 Å². The smallest absolute Gasteiger partial charge is 0.264 e. The lowest BCUT2D eigenvalue weighted by Gasteiger charge is -2.12. The van der Waals surface area contributed by atoms with E-state index in [-0.39, 0.29) is 5.91 Å². The molecule has 1 fully saturated rings. The van der Waals surface area contributed by atoms with Crippen LogP contribution in [0.3, 0.4) is 0 Å². The average molecular weight is 481 g/mol. The first kappa shape index (κ1) is 22.8. The van der Waals surface area contributed by atoms with Crippen LogP contribution < -0.4 is 19.5 Å². The molecule has 0 radical (unpaired) electrons. The number of amides is 1. The first-order chi connectivity index (χ1) is 16.1. The maximum Gasteiger partial charge on any atom is 0.264 e. The highest BCUT2D eigenvalue weighted by Gasteiger charge is 2.24. The minimum Gasteiger partial charge on any atom is -0.494 e. The van der Waals surface area contributed by atoms with E-state index in [0.717, 1.165) is 11.1 Å². The molecule has 0 unspecified atom stereocenters. The van der Waals surface area contributed by atoms with Gasteiger partial charge in [-0.3, -0.25) is 4.79 Å². The molecule has 1 amide bonds. The van der Waals surface area contributed by atoms with Crippen LogP contribution in [0.1, 0.15) is 11.1 Å². The molecule has 0 aromatic heterocycles. The molecule has 3 aromatic rings. The highest BCUT2D eigenvalue weighted by molar-refractivity contribution is 8.18. The van der Waals surface area contributed by atoms with Crippen LogP contribution in [-0.4, -0.2) is 25.3 Å². The fraction of sp³-hybridized carbons (Fsp3) is 0.120. The number of carbonyl (C=O) groups excluding carboxylic acids is 1. The Balaban J connectivity index is 1.51. The summed E-state index contributed by atoms with van der Waals surface area (Å²) in [5, 5.41) is 3.92. The van der Waals surface area contributed by atoms with Crippen LogP contribution in [0.25, 0.3) is 6.08 Å². The van der Waals surface area contributed by atoms with Gasteiger partial charge in [-0.2, -0.15) is 0 Å². The van der Waals surface area contributed by atoms with Crippen LogP contribution in [0, 0.1) is 0 Å². The molecule has 0 aliphatic carbocycles. The summed E-state index contributed by atoms with van der Waals surface area (Å²) < 4.78 is 16.7. The number of methoxy groups -OCH3 is 2. The van der Waals surface area contributed by atoms with E-state index < -0.39 is 0 Å². The number of nitrogens with one attached hydrogen (secondary N) is 1. The summed E-state index contributed by atoms with van der Waals surface area (Å²) in [6, 6.07) is 20.4. The van der Waals surface area contributed by atoms with Crippen LogP contribution in [0.15, 0.2) is 76.6 Å². The van der Waals surface area contributed by atoms with Crippen LogP contribution in [-0.2, 0) is 11.4 Å². The van der Waals surface area contributed by atoms with Gasteiger partial charge in [0.15, 0.2) is 16.7 Å². The zero-order valence-corrected chi connectivity index (χ0v) is 19.6. The molecule has 4 rings (SSSR count). The van der Waals surface area contributed by atoms with Crippen molar-refractivity contribution in [2.45, 2.75) is 6.61 Å². The molecular formula is C25H21ClN2O4S. The highest BCUT2D eigenvalue weighted by Crippen LogP contribution is 2.34. The second-order valence-electron chi connectivity index (χ2n) is 6.94. The van der Waals surface area contributed by atoms with Crippen molar-refractivity contribution in [3.8, 4) is 17.2 Å². The maximum absolute atomic E-state index is 12.5. The van der Waals surface area contributed by atoms with Crippen LogP contribution in [0.5, 0.6) is 17.2 Å². The molecule has 0 atom stereocenters. The van der Waals surface area contributed by atoms with Gasteiger partial charge >= 0.3 is 0 Å². The molecule has 1 saturated heterocycles. The van der Waals surface area contributed by atoms with Crippen molar-refractivity contribution >= 4 is 46.2 Å². The van der Waals surface area contributed by atoms with E-state index in [4.69, 9.17) is 25.8 Å². The van der Waals surface area contributed by atoms with E-state index in [1.54, 1.807) is 20.3 Å². The molecule has 33 heavy (non-hydrogen) atoms. The van der Waals surface area contributed by atoms with Crippen molar-refractivity contribution in [2.75, 3.05) is 14.2 Å². The predicted octanol–water partition coefficient (Wildman–Crippen LogP) is 5.83. The van der Waals surface area contributed by atoms with Gasteiger partial charge in [-0.1, -0.05) is 48.0 Å². The standard InChI is InChI=1S/C25H21ClN2O4S/c1-30-20-10-6-5-9-19(20)27-25-28-24(29)23(33-25)14-16-11-12-21(22(13-16)31-2)32-15-17-7-3-4-8-18(17)26/h3-14H,15H2,1-2H3,(H,27,28,29)/b23-14-. The van der Waals surface area contributed by atoms with Crippen molar-refractivity contribution in [1.29, 1.82) is 0 Å². The minimum absolute atomic E-state index is 0.216. The summed E-state index contributed by atoms with van der Waals surface area (Å²) in [6.07, 6.45) is 1.78. The molecule has 0 saturated carbocycles. The first-order valence-corrected chi connectivity index (χ1v) is 11.2. The fourth-order valence-corrected chi connectivity index (χ4v) is 4.15. The van der Waals surface area contributed by atoms with Gasteiger partial charge in [0.25, 0.3) is 5.91 Å². The second kappa shape index (κ2) is 10.5. The Kier molecular flexibility index (Phi) is 7.22. The maximum atomic E-state index is 12.5. The number of rotatable bonds is 7. The van der Waals surface area contributed by atoms with E-state index in [2.05, 4.69) is 10.3 Å². The lowest BCUT2D eigenvalue weighted by molar-refractivity contribution is -0.115. The van der Waals surface area contributed by atoms with Crippen LogP contribution in [0.4, 0.5) is 5.69 Å². The SMILES string of the molecule is COc1ccccc1N=C1NC(=O)/C(=C/c2ccc(OCc3ccccc3Cl)c(OC)c2)S1. The number of benzene rings is 3. The summed E-state index contributed by atoms with van der Waals surface area (Å²) in [7, 11) is 3.16. The molecule has 0 bridgehead atoms. The number of hydrogen-bond donors (Lipinski definition) is 1. The summed E-state index contributed by atoms with van der Waals surface area (Å²) in [6.45, 7) is 0.317. The Morgan fingerprint density at radius 1 is 0.970 bits per heavy atom. The molecular weight excluding hydrogens is 460 g/mol. The van der Waals surface area contributed by atoms with Gasteiger partial charge in [0.2, 0.25) is 0 Å². The highest BCUT2D eigenvalue weighted by atomic mass is 35.5. The molecule has 3 aromatic carbocycles. The number of amidine groups is 1. The van der Waals surface area contributed by atoms with Gasteiger partial charge in [0.05, 0.1) is 19.1 Å². The van der Waals surface area contributed by atoms with Crippen molar-refractivity contribution in [1.82, 2.24) is 5.32 Å². The predicted molar refractivity (Wildman–Crippen MR) is 133 cm³/mol. The quantitative estimate of drug-likeness (QED) is 0.431. The third-order valence-corrected chi connectivity index (χ3v) is 6.06. The lowest BCUT2D eigenvalue weighted by atomic mass is 10.2. The second-order valence-corrected chi connectivity index (χ2v) is 8.38. The molecule has 8 heteroatoms. The molecule has 6 nitrogen and oxygen atoms in total. The zero-order chi connectivity index (χ0) is 23.2. The Morgan fingerprint density at radius 2 is 1.73 bits per heavy atom. The number of thioether (sulfide) groups is 1. The van der Waals surface area contributed by atoms with Crippen molar-refractivity contribution in [2.24, 2.45) is 4.99 Å². The topological polar surface area (TPSA) is 69.2 Å². The lowest BCUT2D eigenvalue weighted by Crippen LogP contribution is -2.19. The monoisotopic (exact) mass is 480 g/mol. The van der Waals surface area contributed by atoms with E-state index in [1.165, 1.54) is 11.8 Å². The zero-order valence-electron chi connectivity index (χ0n) is 18.0. The fourth-order valence-electron chi connectivity index (χ4n) is 3.13. The van der Waals surface area contributed by atoms with Gasteiger partial charge in [-0.15, -0.1) is 0 Å². The number of aliphatic imine (C=N–C) groups is 1. The van der Waals surface area contributed by atoms with E-state index in [9.17, 15) is 4.79 Å². The number of hydrogen-bond acceptors (Lipinski definition) is 6. The number of carbonyl (C=O) groups is 1. The minimum atomic E-state index is -0.216. The third-order valence-electron chi connectivity index (χ3n) is 4.78. The van der Waals surface area contributed by atoms with Crippen molar-refractivity contribution < 1.29 is 19.0 Å². The summed E-state index contributed by atoms with van der Waals surface area (Å²) >= 11 is 7.46. The van der Waals surface area contributed by atoms with Crippen molar-refractivity contribution in [3.63, 3.8) is 0 Å². The molecule has 1 heterocycles. The molecule has 1 aliphatic heterocycles. The number of nitrogens with zero attached hydrogens (tertiary/aromatic N) is 1. The molecule has 168 valence electrons. The van der Waals surface area contributed by atoms with E-state index in [0.29, 0.717) is 44.6 Å². The van der Waals surface area contributed by atoms with Gasteiger partial charge in [-0.25, -0.2) is 4.99 Å². The van der Waals surface area contributed by atoms with Gasteiger partial charge in [-0.05, 0) is 53.7 Å². The Bertz CT molecular complexity index is 1240. The van der Waals surface area contributed by atoms with E-state index >= 15 is 0 Å². The summed E-state index contributed by atoms with van der Waals surface area (Å²) in [5.41, 5.74) is 2.33. The summed E-state index contributed by atoms with van der Waals surface area (Å²) in [4.78, 5) is 17.5. The Labute approximate surface area is 201 Å². The van der Waals surface area contributed by atoms with E-state index in [1.807, 2.05) is 66.7 Å². The van der Waals surface area contributed by atoms with Gasteiger partial charge in [0, 0.05) is 10.6 Å². The summed E-state index contributed by atoms with van der Waals surface area (Å²) in [5.74, 6) is 1.56. The van der Waals surface area contributed by atoms with Gasteiger partial charge in [0.1, 0.15) is 18.0 Å².